The maximum atomic E-state index is 11.6. The fourth-order valence-corrected chi connectivity index (χ4v) is 1.64. The van der Waals surface area contributed by atoms with Crippen LogP contribution in [0.4, 0.5) is 0 Å². The molecule has 1 aliphatic rings. The van der Waals surface area contributed by atoms with Crippen LogP contribution in [0.1, 0.15) is 12.1 Å². The highest BCUT2D eigenvalue weighted by molar-refractivity contribution is 5.82. The van der Waals surface area contributed by atoms with E-state index in [1.807, 2.05) is 0 Å². The first kappa shape index (κ1) is 11.0. The van der Waals surface area contributed by atoms with E-state index >= 15 is 0 Å². The molecule has 0 bridgehead atoms. The molecule has 1 aromatic heterocycles. The Morgan fingerprint density at radius 1 is 1.69 bits per heavy atom. The van der Waals surface area contributed by atoms with Crippen molar-refractivity contribution in [3.05, 3.63) is 24.3 Å². The van der Waals surface area contributed by atoms with Crippen LogP contribution in [0.2, 0.25) is 0 Å². The van der Waals surface area contributed by atoms with Crippen LogP contribution < -0.4 is 10.6 Å². The normalized spacial score (nSPS) is 24.3. The van der Waals surface area contributed by atoms with Gasteiger partial charge in [0.15, 0.2) is 0 Å². The van der Waals surface area contributed by atoms with Crippen molar-refractivity contribution >= 4 is 5.91 Å². The highest BCUT2D eigenvalue weighted by Gasteiger charge is 2.27. The number of aliphatic hydroxyl groups is 1. The average Bonchev–Trinajstić information content (AvgIpc) is 2.74. The molecule has 2 heterocycles. The molecule has 1 fully saturated rings. The molecule has 2 rings (SSSR count). The summed E-state index contributed by atoms with van der Waals surface area (Å²) in [6.45, 7) is 0.862. The number of carbonyl (C=O) groups is 1. The summed E-state index contributed by atoms with van der Waals surface area (Å²) in [6, 6.07) is 1.45. The Labute approximate surface area is 93.1 Å². The van der Waals surface area contributed by atoms with Crippen molar-refractivity contribution in [1.82, 2.24) is 20.6 Å². The summed E-state index contributed by atoms with van der Waals surface area (Å²) in [5.41, 5.74) is 0.766. The Kier molecular flexibility index (Phi) is 3.43. The minimum atomic E-state index is -0.421. The van der Waals surface area contributed by atoms with Crippen LogP contribution in [0, 0.1) is 0 Å². The third-order valence-corrected chi connectivity index (χ3v) is 2.51. The van der Waals surface area contributed by atoms with Gasteiger partial charge in [0.1, 0.15) is 6.33 Å². The summed E-state index contributed by atoms with van der Waals surface area (Å²) in [5.74, 6) is -0.102. The Morgan fingerprint density at radius 3 is 3.19 bits per heavy atom. The molecular weight excluding hydrogens is 208 g/mol. The lowest BCUT2D eigenvalue weighted by Crippen LogP contribution is -2.40. The minimum Gasteiger partial charge on any atom is -0.392 e. The van der Waals surface area contributed by atoms with Crippen molar-refractivity contribution in [3.63, 3.8) is 0 Å². The Balaban J connectivity index is 1.80. The van der Waals surface area contributed by atoms with Gasteiger partial charge in [-0.2, -0.15) is 0 Å². The van der Waals surface area contributed by atoms with E-state index in [9.17, 15) is 9.90 Å². The molecule has 16 heavy (non-hydrogen) atoms. The first-order chi connectivity index (χ1) is 7.75. The molecule has 1 saturated heterocycles. The molecule has 2 unspecified atom stereocenters. The zero-order valence-electron chi connectivity index (χ0n) is 8.76. The van der Waals surface area contributed by atoms with Gasteiger partial charge in [-0.3, -0.25) is 4.79 Å². The summed E-state index contributed by atoms with van der Waals surface area (Å²) in [7, 11) is 0. The number of aromatic nitrogens is 2. The summed E-state index contributed by atoms with van der Waals surface area (Å²) < 4.78 is 0. The molecule has 0 aromatic carbocycles. The summed E-state index contributed by atoms with van der Waals surface area (Å²) in [4.78, 5) is 19.4. The Bertz CT molecular complexity index is 357. The predicted octanol–water partition coefficient (Wildman–Crippen LogP) is -1.18. The second-order valence-electron chi connectivity index (χ2n) is 3.77. The van der Waals surface area contributed by atoms with Crippen LogP contribution >= 0.6 is 0 Å². The van der Waals surface area contributed by atoms with Gasteiger partial charge in [-0.15, -0.1) is 0 Å². The lowest BCUT2D eigenvalue weighted by atomic mass is 10.2. The van der Waals surface area contributed by atoms with Crippen molar-refractivity contribution < 1.29 is 9.90 Å². The number of amides is 1. The molecule has 6 heteroatoms. The molecule has 2 atom stereocenters. The van der Waals surface area contributed by atoms with Gasteiger partial charge in [0.25, 0.3) is 0 Å². The van der Waals surface area contributed by atoms with Crippen molar-refractivity contribution in [2.24, 2.45) is 0 Å². The minimum absolute atomic E-state index is 0.102. The molecule has 6 nitrogen and oxygen atoms in total. The number of hydrogen-bond donors (Lipinski definition) is 3. The van der Waals surface area contributed by atoms with Gasteiger partial charge in [-0.1, -0.05) is 0 Å². The van der Waals surface area contributed by atoms with Gasteiger partial charge in [0.05, 0.1) is 24.4 Å². The van der Waals surface area contributed by atoms with E-state index in [4.69, 9.17) is 0 Å². The maximum absolute atomic E-state index is 11.6. The number of carbonyl (C=O) groups excluding carboxylic acids is 1. The molecular formula is C10H14N4O2. The smallest absolute Gasteiger partial charge is 0.237 e. The fourth-order valence-electron chi connectivity index (χ4n) is 1.64. The zero-order chi connectivity index (χ0) is 11.4. The van der Waals surface area contributed by atoms with Crippen LogP contribution in [0.15, 0.2) is 18.6 Å². The Hall–Kier alpha value is -1.53. The number of nitrogens with one attached hydrogen (secondary N) is 2. The highest BCUT2D eigenvalue weighted by Crippen LogP contribution is 2.06. The van der Waals surface area contributed by atoms with E-state index in [2.05, 4.69) is 20.6 Å². The lowest BCUT2D eigenvalue weighted by molar-refractivity contribution is -0.123. The van der Waals surface area contributed by atoms with Crippen LogP contribution in [-0.2, 0) is 11.3 Å². The van der Waals surface area contributed by atoms with Gasteiger partial charge in [-0.05, 0) is 12.5 Å². The van der Waals surface area contributed by atoms with Crippen LogP contribution in [0.3, 0.4) is 0 Å². The van der Waals surface area contributed by atoms with E-state index in [1.165, 1.54) is 6.33 Å². The molecule has 1 aliphatic heterocycles. The van der Waals surface area contributed by atoms with Gasteiger partial charge in [0, 0.05) is 12.7 Å². The van der Waals surface area contributed by atoms with Crippen LogP contribution in [0.25, 0.3) is 0 Å². The number of aliphatic hydroxyl groups excluding tert-OH is 1. The van der Waals surface area contributed by atoms with E-state index in [1.54, 1.807) is 12.3 Å². The molecule has 0 radical (unpaired) electrons. The second kappa shape index (κ2) is 5.00. The van der Waals surface area contributed by atoms with E-state index in [-0.39, 0.29) is 11.9 Å². The van der Waals surface area contributed by atoms with Crippen LogP contribution in [0.5, 0.6) is 0 Å². The predicted molar refractivity (Wildman–Crippen MR) is 56.3 cm³/mol. The highest BCUT2D eigenvalue weighted by atomic mass is 16.3. The molecule has 0 aliphatic carbocycles. The van der Waals surface area contributed by atoms with Gasteiger partial charge < -0.3 is 15.7 Å². The molecule has 3 N–H and O–H groups in total. The molecule has 1 aromatic rings. The molecule has 0 saturated carbocycles. The number of β-amino-alcohol motifs (C(OH)–C–C–N with tert-alkyl or cyclic N) is 1. The van der Waals surface area contributed by atoms with E-state index in [0.29, 0.717) is 19.5 Å². The van der Waals surface area contributed by atoms with Gasteiger partial charge in [-0.25, -0.2) is 9.97 Å². The van der Waals surface area contributed by atoms with Crippen LogP contribution in [-0.4, -0.2) is 39.7 Å². The largest absolute Gasteiger partial charge is 0.392 e. The Morgan fingerprint density at radius 2 is 2.56 bits per heavy atom. The first-order valence-corrected chi connectivity index (χ1v) is 5.20. The van der Waals surface area contributed by atoms with E-state index < -0.39 is 6.10 Å². The lowest BCUT2D eigenvalue weighted by Gasteiger charge is -2.10. The topological polar surface area (TPSA) is 87.1 Å². The van der Waals surface area contributed by atoms with E-state index in [0.717, 1.165) is 5.69 Å². The third-order valence-electron chi connectivity index (χ3n) is 2.51. The van der Waals surface area contributed by atoms with Crippen molar-refractivity contribution in [1.29, 1.82) is 0 Å². The average molecular weight is 222 g/mol. The quantitative estimate of drug-likeness (QED) is 0.599. The molecule has 0 spiro atoms. The van der Waals surface area contributed by atoms with Crippen molar-refractivity contribution in [3.8, 4) is 0 Å². The second-order valence-corrected chi connectivity index (χ2v) is 3.77. The van der Waals surface area contributed by atoms with Crippen molar-refractivity contribution in [2.75, 3.05) is 6.54 Å². The van der Waals surface area contributed by atoms with Gasteiger partial charge >= 0.3 is 0 Å². The SMILES string of the molecule is O=C(NCc1ccncn1)C1CC(O)CN1. The monoisotopic (exact) mass is 222 g/mol. The number of nitrogens with zero attached hydrogens (tertiary/aromatic N) is 2. The maximum Gasteiger partial charge on any atom is 0.237 e. The fraction of sp³-hybridized carbons (Fsp3) is 0.500. The third kappa shape index (κ3) is 2.74. The zero-order valence-corrected chi connectivity index (χ0v) is 8.76. The van der Waals surface area contributed by atoms with Gasteiger partial charge in [0.2, 0.25) is 5.91 Å². The summed E-state index contributed by atoms with van der Waals surface area (Å²) >= 11 is 0. The standard InChI is InChI=1S/C10H14N4O2/c15-8-3-9(12-5-8)10(16)13-4-7-1-2-11-6-14-7/h1-2,6,8-9,12,15H,3-5H2,(H,13,16). The summed E-state index contributed by atoms with van der Waals surface area (Å²) in [5, 5.41) is 15.0. The number of hydrogen-bond acceptors (Lipinski definition) is 5. The summed E-state index contributed by atoms with van der Waals surface area (Å²) in [6.07, 6.45) is 3.12. The molecule has 1 amide bonds. The first-order valence-electron chi connectivity index (χ1n) is 5.20. The molecule has 86 valence electrons. The van der Waals surface area contributed by atoms with Crippen molar-refractivity contribution in [2.45, 2.75) is 25.1 Å². The number of rotatable bonds is 3.